The number of nitrogens with zero attached hydrogens (tertiary/aromatic N) is 3. The maximum atomic E-state index is 13.7. The van der Waals surface area contributed by atoms with Gasteiger partial charge in [-0.15, -0.1) is 0 Å². The van der Waals surface area contributed by atoms with E-state index in [0.717, 1.165) is 29.6 Å². The van der Waals surface area contributed by atoms with Crippen molar-refractivity contribution in [1.82, 2.24) is 14.4 Å². The van der Waals surface area contributed by atoms with E-state index in [0.29, 0.717) is 50.7 Å². The monoisotopic (exact) mass is 612 g/mol. The zero-order chi connectivity index (χ0) is 28.7. The number of methoxy groups -OCH3 is 1. The zero-order valence-corrected chi connectivity index (χ0v) is 25.4. The molecule has 3 rings (SSSR count). The van der Waals surface area contributed by atoms with E-state index in [1.165, 1.54) is 5.56 Å². The number of unbranched alkanes of at least 4 members (excludes halogenated alkanes) is 1. The highest BCUT2D eigenvalue weighted by molar-refractivity contribution is 9.10. The maximum absolute atomic E-state index is 13.7. The number of ether oxygens (including phenoxy) is 2. The highest BCUT2D eigenvalue weighted by Gasteiger charge is 2.23. The van der Waals surface area contributed by atoms with Gasteiger partial charge in [0.2, 0.25) is 5.91 Å². The van der Waals surface area contributed by atoms with Crippen LogP contribution in [0.1, 0.15) is 44.4 Å². The lowest BCUT2D eigenvalue weighted by molar-refractivity contribution is -0.132. The fourth-order valence-electron chi connectivity index (χ4n) is 4.33. The van der Waals surface area contributed by atoms with E-state index in [1.54, 1.807) is 18.1 Å². The Morgan fingerprint density at radius 3 is 2.42 bits per heavy atom. The predicted octanol–water partition coefficient (Wildman–Crippen LogP) is 6.40. The molecule has 1 N–H and O–H groups in total. The number of anilines is 1. The molecule has 0 fully saturated rings. The second-order valence-electron chi connectivity index (χ2n) is 9.55. The van der Waals surface area contributed by atoms with Crippen LogP contribution in [-0.4, -0.2) is 66.3 Å². The Hall–Kier alpha value is -3.30. The lowest BCUT2D eigenvalue weighted by atomic mass is 10.2. The smallest absolute Gasteiger partial charge is 0.322 e. The Kier molecular flexibility index (Phi) is 13.1. The van der Waals surface area contributed by atoms with Gasteiger partial charge in [0.25, 0.3) is 0 Å². The van der Waals surface area contributed by atoms with E-state index in [-0.39, 0.29) is 18.5 Å². The third-order valence-electron chi connectivity index (χ3n) is 6.50. The average Bonchev–Trinajstić information content (AvgIpc) is 3.39. The number of nitrogens with one attached hydrogen (secondary N) is 1. The summed E-state index contributed by atoms with van der Waals surface area (Å²) in [6, 6.07) is 19.3. The molecule has 216 valence electrons. The summed E-state index contributed by atoms with van der Waals surface area (Å²) in [5.41, 5.74) is 2.81. The Bertz CT molecular complexity index is 1200. The van der Waals surface area contributed by atoms with Gasteiger partial charge in [-0.25, -0.2) is 4.79 Å². The van der Waals surface area contributed by atoms with Crippen LogP contribution in [0.4, 0.5) is 10.5 Å². The van der Waals surface area contributed by atoms with Crippen LogP contribution in [0.15, 0.2) is 71.3 Å². The summed E-state index contributed by atoms with van der Waals surface area (Å²) < 4.78 is 14.1. The van der Waals surface area contributed by atoms with Crippen molar-refractivity contribution in [2.45, 2.75) is 46.2 Å². The van der Waals surface area contributed by atoms with Crippen LogP contribution in [0.5, 0.6) is 5.75 Å². The van der Waals surface area contributed by atoms with Crippen LogP contribution in [0.2, 0.25) is 0 Å². The van der Waals surface area contributed by atoms with Gasteiger partial charge in [-0.05, 0) is 61.7 Å². The number of para-hydroxylation sites is 2. The van der Waals surface area contributed by atoms with Crippen LogP contribution in [0.25, 0.3) is 0 Å². The van der Waals surface area contributed by atoms with Crippen LogP contribution < -0.4 is 10.1 Å². The fourth-order valence-corrected chi connectivity index (χ4v) is 4.60. The predicted molar refractivity (Wildman–Crippen MR) is 163 cm³/mol. The molecule has 9 heteroatoms. The number of halogens is 1. The lowest BCUT2D eigenvalue weighted by Crippen LogP contribution is -2.45. The minimum absolute atomic E-state index is 0.0243. The first-order chi connectivity index (χ1) is 19.4. The van der Waals surface area contributed by atoms with E-state index in [4.69, 9.17) is 9.47 Å². The van der Waals surface area contributed by atoms with Crippen LogP contribution in [-0.2, 0) is 22.6 Å². The molecule has 1 heterocycles. The molecule has 0 spiro atoms. The molecule has 2 aromatic carbocycles. The average molecular weight is 614 g/mol. The number of aromatic nitrogens is 1. The van der Waals surface area contributed by atoms with E-state index in [1.807, 2.05) is 54.4 Å². The van der Waals surface area contributed by atoms with Gasteiger partial charge in [-0.1, -0.05) is 53.5 Å². The molecule has 0 atom stereocenters. The van der Waals surface area contributed by atoms with Gasteiger partial charge in [0.05, 0.1) is 18.8 Å². The molecular formula is C31H41BrN4O4. The van der Waals surface area contributed by atoms with Crippen molar-refractivity contribution < 1.29 is 19.1 Å². The normalized spacial score (nSPS) is 10.8. The third-order valence-corrected chi connectivity index (χ3v) is 7.02. The SMILES string of the molecule is CCCCN(Cc1cccn1Cc1ccc(Br)cc1)C(=O)CN(CCCOC)C(=O)Nc1ccccc1OCC. The van der Waals surface area contributed by atoms with Crippen LogP contribution in [0.3, 0.4) is 0 Å². The highest BCUT2D eigenvalue weighted by Crippen LogP contribution is 2.24. The molecule has 40 heavy (non-hydrogen) atoms. The minimum Gasteiger partial charge on any atom is -0.492 e. The third kappa shape index (κ3) is 9.71. The molecule has 0 saturated carbocycles. The van der Waals surface area contributed by atoms with Crippen molar-refractivity contribution in [1.29, 1.82) is 0 Å². The molecule has 0 unspecified atom stereocenters. The lowest BCUT2D eigenvalue weighted by Gasteiger charge is -2.28. The second-order valence-corrected chi connectivity index (χ2v) is 10.5. The minimum atomic E-state index is -0.342. The molecule has 0 bridgehead atoms. The van der Waals surface area contributed by atoms with Gasteiger partial charge in [0.15, 0.2) is 0 Å². The number of carbonyl (C=O) groups excluding carboxylic acids is 2. The number of rotatable bonds is 16. The van der Waals surface area contributed by atoms with Gasteiger partial charge in [0.1, 0.15) is 12.3 Å². The van der Waals surface area contributed by atoms with E-state index >= 15 is 0 Å². The summed E-state index contributed by atoms with van der Waals surface area (Å²) in [5, 5.41) is 2.94. The summed E-state index contributed by atoms with van der Waals surface area (Å²) in [6.07, 6.45) is 4.52. The molecule has 3 aromatic rings. The van der Waals surface area contributed by atoms with E-state index < -0.39 is 0 Å². The molecule has 0 radical (unpaired) electrons. The van der Waals surface area contributed by atoms with Crippen molar-refractivity contribution >= 4 is 33.6 Å². The molecule has 1 aromatic heterocycles. The molecule has 3 amide bonds. The first-order valence-corrected chi connectivity index (χ1v) is 14.7. The molecule has 0 aliphatic heterocycles. The van der Waals surface area contributed by atoms with Crippen molar-refractivity contribution in [2.75, 3.05) is 45.3 Å². The molecule has 8 nitrogen and oxygen atoms in total. The number of benzene rings is 2. The van der Waals surface area contributed by atoms with E-state index in [2.05, 4.69) is 50.9 Å². The van der Waals surface area contributed by atoms with Gasteiger partial charge < -0.3 is 29.2 Å². The number of hydrogen-bond acceptors (Lipinski definition) is 4. The van der Waals surface area contributed by atoms with Gasteiger partial charge in [-0.2, -0.15) is 0 Å². The number of carbonyl (C=O) groups is 2. The maximum Gasteiger partial charge on any atom is 0.322 e. The number of hydrogen-bond donors (Lipinski definition) is 1. The summed E-state index contributed by atoms with van der Waals surface area (Å²) in [5.74, 6) is 0.508. The summed E-state index contributed by atoms with van der Waals surface area (Å²) >= 11 is 3.49. The Balaban J connectivity index is 1.74. The molecule has 0 aliphatic carbocycles. The van der Waals surface area contributed by atoms with Crippen molar-refractivity contribution in [3.05, 3.63) is 82.6 Å². The Morgan fingerprint density at radius 1 is 0.950 bits per heavy atom. The number of amides is 3. The zero-order valence-electron chi connectivity index (χ0n) is 23.8. The molecule has 0 aliphatic rings. The fraction of sp³-hybridized carbons (Fsp3) is 0.419. The van der Waals surface area contributed by atoms with Gasteiger partial charge in [-0.3, -0.25) is 4.79 Å². The first kappa shape index (κ1) is 31.2. The molecule has 0 saturated heterocycles. The Labute approximate surface area is 246 Å². The second kappa shape index (κ2) is 16.7. The summed E-state index contributed by atoms with van der Waals surface area (Å²) in [4.78, 5) is 30.5. The quantitative estimate of drug-likeness (QED) is 0.190. The first-order valence-electron chi connectivity index (χ1n) is 13.9. The Morgan fingerprint density at radius 2 is 1.70 bits per heavy atom. The summed E-state index contributed by atoms with van der Waals surface area (Å²) in [7, 11) is 1.63. The summed E-state index contributed by atoms with van der Waals surface area (Å²) in [6.45, 7) is 7.18. The van der Waals surface area contributed by atoms with Crippen LogP contribution in [0, 0.1) is 0 Å². The van der Waals surface area contributed by atoms with Crippen molar-refractivity contribution in [3.8, 4) is 5.75 Å². The van der Waals surface area contributed by atoms with Crippen LogP contribution >= 0.6 is 15.9 Å². The van der Waals surface area contributed by atoms with E-state index in [9.17, 15) is 9.59 Å². The topological polar surface area (TPSA) is 76.0 Å². The number of urea groups is 1. The standard InChI is InChI=1S/C31H41BrN4O4/c1-4-6-18-35(23-27-11-9-19-34(27)22-25-14-16-26(32)17-15-25)30(37)24-36(20-10-21-39-3)31(38)33-28-12-7-8-13-29(28)40-5-2/h7-9,11-17,19H,4-6,10,18,20-24H2,1-3H3,(H,33,38). The van der Waals surface area contributed by atoms with Gasteiger partial charge >= 0.3 is 6.03 Å². The highest BCUT2D eigenvalue weighted by atomic mass is 79.9. The van der Waals surface area contributed by atoms with Crippen molar-refractivity contribution in [3.63, 3.8) is 0 Å². The van der Waals surface area contributed by atoms with Crippen molar-refractivity contribution in [2.24, 2.45) is 0 Å². The molecular weight excluding hydrogens is 572 g/mol. The largest absolute Gasteiger partial charge is 0.492 e. The van der Waals surface area contributed by atoms with Gasteiger partial charge in [0, 0.05) is 49.7 Å².